The van der Waals surface area contributed by atoms with Gasteiger partial charge in [0, 0.05) is 11.1 Å². The maximum absolute atomic E-state index is 14.5. The molecule has 0 atom stereocenters. The van der Waals surface area contributed by atoms with Crippen LogP contribution in [0.15, 0.2) is 85.5 Å². The monoisotopic (exact) mass is 460 g/mol. The predicted molar refractivity (Wildman–Crippen MR) is 128 cm³/mol. The molecule has 0 aliphatic carbocycles. The molecular weight excluding hydrogens is 438 g/mol. The molecule has 0 radical (unpaired) electrons. The van der Waals surface area contributed by atoms with E-state index in [2.05, 4.69) is 19.7 Å². The van der Waals surface area contributed by atoms with Crippen molar-refractivity contribution in [1.82, 2.24) is 0 Å². The van der Waals surface area contributed by atoms with E-state index in [0.29, 0.717) is 27.8 Å². The Morgan fingerprint density at radius 2 is 1.18 bits per heavy atom. The molecule has 0 aliphatic heterocycles. The van der Waals surface area contributed by atoms with E-state index in [4.69, 9.17) is 9.47 Å². The van der Waals surface area contributed by atoms with Gasteiger partial charge in [-0.25, -0.2) is 18.4 Å². The van der Waals surface area contributed by atoms with Gasteiger partial charge in [-0.3, -0.25) is 0 Å². The van der Waals surface area contributed by atoms with Crippen molar-refractivity contribution in [3.63, 3.8) is 0 Å². The van der Waals surface area contributed by atoms with Gasteiger partial charge in [-0.15, -0.1) is 0 Å². The molecule has 0 saturated carbocycles. The molecule has 3 aromatic rings. The van der Waals surface area contributed by atoms with Crippen molar-refractivity contribution in [2.24, 2.45) is 0 Å². The molecule has 0 spiro atoms. The van der Waals surface area contributed by atoms with E-state index in [9.17, 15) is 18.4 Å². The Morgan fingerprint density at radius 1 is 0.735 bits per heavy atom. The standard InChI is InChI=1S/C28H22F2O4/c1-6-18-13-19(20-8-11-25(23(29)14-20)33-27(31)16(2)3)7-10-22(18)21-9-12-26(24(30)15-21)34-28(32)17(4)5/h6-15H,1-2,4H2,3,5H3. The van der Waals surface area contributed by atoms with Gasteiger partial charge in [0.15, 0.2) is 23.1 Å². The molecule has 0 fully saturated rings. The highest BCUT2D eigenvalue weighted by molar-refractivity contribution is 5.89. The smallest absolute Gasteiger partial charge is 0.338 e. The lowest BCUT2D eigenvalue weighted by molar-refractivity contribution is -0.131. The number of hydrogen-bond donors (Lipinski definition) is 0. The number of ether oxygens (including phenoxy) is 2. The van der Waals surface area contributed by atoms with Gasteiger partial charge in [0.05, 0.1) is 0 Å². The van der Waals surface area contributed by atoms with Crippen molar-refractivity contribution < 1.29 is 27.8 Å². The lowest BCUT2D eigenvalue weighted by atomic mass is 9.94. The summed E-state index contributed by atoms with van der Waals surface area (Å²) in [6.07, 6.45) is 1.60. The summed E-state index contributed by atoms with van der Waals surface area (Å²) in [6, 6.07) is 13.8. The highest BCUT2D eigenvalue weighted by Gasteiger charge is 2.15. The lowest BCUT2D eigenvalue weighted by Gasteiger charge is -2.12. The quantitative estimate of drug-likeness (QED) is 0.219. The Kier molecular flexibility index (Phi) is 7.21. The predicted octanol–water partition coefficient (Wildman–Crippen LogP) is 6.90. The molecule has 3 rings (SSSR count). The summed E-state index contributed by atoms with van der Waals surface area (Å²) in [6.45, 7) is 13.7. The van der Waals surface area contributed by atoms with Crippen LogP contribution in [0.25, 0.3) is 28.3 Å². The molecule has 4 nitrogen and oxygen atoms in total. The van der Waals surface area contributed by atoms with Crippen molar-refractivity contribution in [2.75, 3.05) is 0 Å². The van der Waals surface area contributed by atoms with Crippen LogP contribution in [0.2, 0.25) is 0 Å². The number of carbonyl (C=O) groups is 2. The molecule has 0 heterocycles. The molecule has 0 N–H and O–H groups in total. The Balaban J connectivity index is 1.91. The summed E-state index contributed by atoms with van der Waals surface area (Å²) in [7, 11) is 0. The number of rotatable bonds is 7. The minimum atomic E-state index is -0.713. The zero-order valence-corrected chi connectivity index (χ0v) is 18.8. The second kappa shape index (κ2) is 10.1. The van der Waals surface area contributed by atoms with E-state index in [1.807, 2.05) is 0 Å². The molecule has 0 aromatic heterocycles. The molecule has 172 valence electrons. The summed E-state index contributed by atoms with van der Waals surface area (Å²) in [5.74, 6) is -3.21. The van der Waals surface area contributed by atoms with Crippen LogP contribution in [-0.2, 0) is 9.59 Å². The molecule has 0 aliphatic rings. The minimum absolute atomic E-state index is 0.159. The summed E-state index contributed by atoms with van der Waals surface area (Å²) >= 11 is 0. The second-order valence-electron chi connectivity index (χ2n) is 7.64. The second-order valence-corrected chi connectivity index (χ2v) is 7.64. The first kappa shape index (κ1) is 24.3. The number of carbonyl (C=O) groups excluding carboxylic acids is 2. The van der Waals surface area contributed by atoms with Gasteiger partial charge in [-0.2, -0.15) is 0 Å². The molecule has 0 bridgehead atoms. The first-order valence-corrected chi connectivity index (χ1v) is 10.2. The van der Waals surface area contributed by atoms with Crippen molar-refractivity contribution in [3.05, 3.63) is 103 Å². The molecular formula is C28H22F2O4. The Labute approximate surface area is 196 Å². The Hall–Kier alpha value is -4.32. The van der Waals surface area contributed by atoms with E-state index in [1.54, 1.807) is 36.4 Å². The van der Waals surface area contributed by atoms with Crippen molar-refractivity contribution >= 4 is 18.0 Å². The third-order valence-electron chi connectivity index (χ3n) is 4.88. The van der Waals surface area contributed by atoms with Crippen LogP contribution in [0.1, 0.15) is 19.4 Å². The van der Waals surface area contributed by atoms with Crippen LogP contribution in [-0.4, -0.2) is 11.9 Å². The zero-order chi connectivity index (χ0) is 25.0. The van der Waals surface area contributed by atoms with Crippen LogP contribution in [0.3, 0.4) is 0 Å². The first-order chi connectivity index (χ1) is 16.1. The highest BCUT2D eigenvalue weighted by Crippen LogP contribution is 2.33. The van der Waals surface area contributed by atoms with Gasteiger partial charge in [0.2, 0.25) is 0 Å². The zero-order valence-electron chi connectivity index (χ0n) is 18.8. The van der Waals surface area contributed by atoms with Crippen molar-refractivity contribution in [3.8, 4) is 33.8 Å². The fourth-order valence-electron chi connectivity index (χ4n) is 3.06. The lowest BCUT2D eigenvalue weighted by Crippen LogP contribution is -2.09. The first-order valence-electron chi connectivity index (χ1n) is 10.2. The van der Waals surface area contributed by atoms with E-state index in [-0.39, 0.29) is 22.6 Å². The van der Waals surface area contributed by atoms with E-state index in [1.165, 1.54) is 38.1 Å². The van der Waals surface area contributed by atoms with Crippen molar-refractivity contribution in [1.29, 1.82) is 0 Å². The average Bonchev–Trinajstić information content (AvgIpc) is 2.80. The maximum atomic E-state index is 14.5. The normalized spacial score (nSPS) is 10.4. The van der Waals surface area contributed by atoms with Gasteiger partial charge in [0.25, 0.3) is 0 Å². The third-order valence-corrected chi connectivity index (χ3v) is 4.88. The minimum Gasteiger partial charge on any atom is -0.420 e. The summed E-state index contributed by atoms with van der Waals surface area (Å²) in [5, 5.41) is 0. The Morgan fingerprint density at radius 3 is 1.65 bits per heavy atom. The third kappa shape index (κ3) is 5.35. The van der Waals surface area contributed by atoms with E-state index < -0.39 is 23.6 Å². The molecule has 3 aromatic carbocycles. The topological polar surface area (TPSA) is 52.6 Å². The van der Waals surface area contributed by atoms with Gasteiger partial charge < -0.3 is 9.47 Å². The number of benzene rings is 3. The molecule has 0 saturated heterocycles. The summed E-state index contributed by atoms with van der Waals surface area (Å²) < 4.78 is 39.0. The molecule has 34 heavy (non-hydrogen) atoms. The van der Waals surface area contributed by atoms with Crippen LogP contribution in [0.5, 0.6) is 11.5 Å². The van der Waals surface area contributed by atoms with Gasteiger partial charge in [-0.05, 0) is 72.0 Å². The van der Waals surface area contributed by atoms with Crippen LogP contribution in [0.4, 0.5) is 8.78 Å². The van der Waals surface area contributed by atoms with Crippen LogP contribution >= 0.6 is 0 Å². The maximum Gasteiger partial charge on any atom is 0.338 e. The summed E-state index contributed by atoms with van der Waals surface area (Å²) in [5.41, 5.74) is 3.46. The molecule has 0 unspecified atom stereocenters. The van der Waals surface area contributed by atoms with E-state index >= 15 is 0 Å². The Bertz CT molecular complexity index is 1340. The largest absolute Gasteiger partial charge is 0.420 e. The van der Waals surface area contributed by atoms with Crippen LogP contribution < -0.4 is 9.47 Å². The highest BCUT2D eigenvalue weighted by atomic mass is 19.1. The average molecular weight is 460 g/mol. The van der Waals surface area contributed by atoms with E-state index in [0.717, 1.165) is 0 Å². The number of halogens is 2. The van der Waals surface area contributed by atoms with Gasteiger partial charge in [0.1, 0.15) is 0 Å². The van der Waals surface area contributed by atoms with Gasteiger partial charge >= 0.3 is 11.9 Å². The molecule has 6 heteroatoms. The fraction of sp³-hybridized carbons (Fsp3) is 0.0714. The SMILES string of the molecule is C=Cc1cc(-c2ccc(OC(=O)C(=C)C)c(F)c2)ccc1-c1ccc(OC(=O)C(=C)C)c(F)c1. The summed E-state index contributed by atoms with van der Waals surface area (Å²) in [4.78, 5) is 23.3. The number of esters is 2. The number of hydrogen-bond acceptors (Lipinski definition) is 4. The molecule has 0 amide bonds. The fourth-order valence-corrected chi connectivity index (χ4v) is 3.06. The van der Waals surface area contributed by atoms with Crippen molar-refractivity contribution in [2.45, 2.75) is 13.8 Å². The van der Waals surface area contributed by atoms with Gasteiger partial charge in [-0.1, -0.05) is 50.1 Å². The van der Waals surface area contributed by atoms with Crippen LogP contribution in [0, 0.1) is 11.6 Å².